The first-order valence-electron chi connectivity index (χ1n) is 8.43. The fraction of sp³-hybridized carbons (Fsp3) is 0.190. The molecule has 5 heteroatoms. The lowest BCUT2D eigenvalue weighted by Gasteiger charge is -2.32. The van der Waals surface area contributed by atoms with Crippen molar-refractivity contribution in [1.29, 1.82) is 5.26 Å². The third kappa shape index (κ3) is 2.93. The summed E-state index contributed by atoms with van der Waals surface area (Å²) in [7, 11) is 0. The van der Waals surface area contributed by atoms with Crippen molar-refractivity contribution in [3.05, 3.63) is 60.4 Å². The van der Waals surface area contributed by atoms with Gasteiger partial charge < -0.3 is 5.11 Å². The number of nitriles is 1. The molecule has 128 valence electrons. The maximum Gasteiger partial charge on any atom is 0.306 e. The highest BCUT2D eigenvalue weighted by Crippen LogP contribution is 2.44. The lowest BCUT2D eigenvalue weighted by atomic mass is 9.85. The van der Waals surface area contributed by atoms with Gasteiger partial charge in [-0.1, -0.05) is 30.3 Å². The molecule has 0 aliphatic heterocycles. The number of thioether (sulfide) groups is 1. The van der Waals surface area contributed by atoms with Gasteiger partial charge in [0.25, 0.3) is 0 Å². The van der Waals surface area contributed by atoms with Crippen molar-refractivity contribution >= 4 is 28.5 Å². The maximum absolute atomic E-state index is 11.0. The van der Waals surface area contributed by atoms with Crippen molar-refractivity contribution in [2.24, 2.45) is 5.92 Å². The van der Waals surface area contributed by atoms with Gasteiger partial charge in [-0.15, -0.1) is 11.8 Å². The zero-order valence-corrected chi connectivity index (χ0v) is 14.7. The Morgan fingerprint density at radius 3 is 2.62 bits per heavy atom. The second-order valence-corrected chi connectivity index (χ2v) is 7.78. The molecule has 1 aliphatic rings. The van der Waals surface area contributed by atoms with Gasteiger partial charge in [-0.05, 0) is 35.9 Å². The second kappa shape index (κ2) is 6.81. The van der Waals surface area contributed by atoms with Crippen LogP contribution in [0.15, 0.2) is 59.8 Å². The Balaban J connectivity index is 1.73. The third-order valence-electron chi connectivity index (χ3n) is 4.85. The highest BCUT2D eigenvalue weighted by Gasteiger charge is 2.35. The van der Waals surface area contributed by atoms with Gasteiger partial charge in [0.05, 0.1) is 17.6 Å². The van der Waals surface area contributed by atoms with Crippen molar-refractivity contribution in [3.8, 4) is 17.2 Å². The largest absolute Gasteiger partial charge is 0.481 e. The van der Waals surface area contributed by atoms with Gasteiger partial charge in [0.1, 0.15) is 0 Å². The number of nitrogens with zero attached hydrogens (tertiary/aromatic N) is 2. The first-order chi connectivity index (χ1) is 12.7. The molecule has 3 aromatic rings. The third-order valence-corrected chi connectivity index (χ3v) is 6.18. The van der Waals surface area contributed by atoms with E-state index in [0.717, 1.165) is 26.8 Å². The number of benzene rings is 2. The molecular formula is C21H16N2O2S. The molecule has 0 unspecified atom stereocenters. The monoisotopic (exact) mass is 360 g/mol. The molecular weight excluding hydrogens is 344 g/mol. The first-order valence-corrected chi connectivity index (χ1v) is 9.31. The Kier molecular flexibility index (Phi) is 4.36. The van der Waals surface area contributed by atoms with Crippen LogP contribution in [0.2, 0.25) is 0 Å². The van der Waals surface area contributed by atoms with Crippen LogP contribution in [-0.2, 0) is 4.79 Å². The van der Waals surface area contributed by atoms with Crippen LogP contribution in [0.3, 0.4) is 0 Å². The van der Waals surface area contributed by atoms with E-state index in [4.69, 9.17) is 5.11 Å². The number of hydrogen-bond acceptors (Lipinski definition) is 4. The standard InChI is InChI=1S/C21H16N2O2S/c22-11-13-5-6-18(17-4-2-1-3-16(13)17)19-12-23-8-7-20(19)26-15-9-14(10-15)21(24)25/h1-8,12,14-15H,9-10H2,(H,24,25). The maximum atomic E-state index is 11.0. The van der Waals surface area contributed by atoms with E-state index < -0.39 is 5.97 Å². The molecule has 2 aromatic carbocycles. The molecule has 1 aromatic heterocycles. The van der Waals surface area contributed by atoms with E-state index in [1.54, 1.807) is 18.0 Å². The lowest BCUT2D eigenvalue weighted by Crippen LogP contribution is -2.32. The number of pyridine rings is 1. The van der Waals surface area contributed by atoms with E-state index in [-0.39, 0.29) is 5.92 Å². The summed E-state index contributed by atoms with van der Waals surface area (Å²) in [6.45, 7) is 0. The summed E-state index contributed by atoms with van der Waals surface area (Å²) >= 11 is 1.72. The van der Waals surface area contributed by atoms with Gasteiger partial charge in [-0.3, -0.25) is 9.78 Å². The van der Waals surface area contributed by atoms with Crippen molar-refractivity contribution in [3.63, 3.8) is 0 Å². The number of aromatic nitrogens is 1. The van der Waals surface area contributed by atoms with E-state index in [1.807, 2.05) is 48.7 Å². The molecule has 0 atom stereocenters. The fourth-order valence-electron chi connectivity index (χ4n) is 3.36. The first kappa shape index (κ1) is 16.6. The van der Waals surface area contributed by atoms with Crippen LogP contribution in [-0.4, -0.2) is 21.3 Å². The SMILES string of the molecule is N#Cc1ccc(-c2cnccc2SC2CC(C(=O)O)C2)c2ccccc12. The van der Waals surface area contributed by atoms with Crippen LogP contribution in [0, 0.1) is 17.2 Å². The minimum atomic E-state index is -0.699. The highest BCUT2D eigenvalue weighted by molar-refractivity contribution is 8.00. The molecule has 1 saturated carbocycles. The number of carboxylic acid groups (broad SMARTS) is 1. The minimum absolute atomic E-state index is 0.214. The number of carbonyl (C=O) groups is 1. The molecule has 26 heavy (non-hydrogen) atoms. The van der Waals surface area contributed by atoms with Crippen molar-refractivity contribution < 1.29 is 9.90 Å². The quantitative estimate of drug-likeness (QED) is 0.728. The zero-order chi connectivity index (χ0) is 18.1. The molecule has 0 saturated heterocycles. The van der Waals surface area contributed by atoms with E-state index in [9.17, 15) is 10.1 Å². The average molecular weight is 360 g/mol. The summed E-state index contributed by atoms with van der Waals surface area (Å²) in [5.41, 5.74) is 2.73. The average Bonchev–Trinajstić information content (AvgIpc) is 2.63. The number of hydrogen-bond donors (Lipinski definition) is 1. The van der Waals surface area contributed by atoms with E-state index in [0.29, 0.717) is 23.7 Å². The number of fused-ring (bicyclic) bond motifs is 1. The minimum Gasteiger partial charge on any atom is -0.481 e. The van der Waals surface area contributed by atoms with Crippen LogP contribution < -0.4 is 0 Å². The Morgan fingerprint density at radius 1 is 1.12 bits per heavy atom. The van der Waals surface area contributed by atoms with Gasteiger partial charge in [0, 0.05) is 33.5 Å². The summed E-state index contributed by atoms with van der Waals surface area (Å²) in [5.74, 6) is -0.914. The van der Waals surface area contributed by atoms with Crippen LogP contribution in [0.4, 0.5) is 0 Å². The highest BCUT2D eigenvalue weighted by atomic mass is 32.2. The van der Waals surface area contributed by atoms with Gasteiger partial charge in [0.15, 0.2) is 0 Å². The normalized spacial score (nSPS) is 18.9. The second-order valence-electron chi connectivity index (χ2n) is 6.44. The zero-order valence-electron chi connectivity index (χ0n) is 13.9. The van der Waals surface area contributed by atoms with Crippen molar-refractivity contribution in [2.75, 3.05) is 0 Å². The number of aliphatic carboxylic acids is 1. The Hall–Kier alpha value is -2.84. The topological polar surface area (TPSA) is 74.0 Å². The van der Waals surface area contributed by atoms with Gasteiger partial charge >= 0.3 is 5.97 Å². The van der Waals surface area contributed by atoms with Crippen LogP contribution in [0.25, 0.3) is 21.9 Å². The number of rotatable bonds is 4. The van der Waals surface area contributed by atoms with Crippen molar-refractivity contribution in [1.82, 2.24) is 4.98 Å². The molecule has 1 aliphatic carbocycles. The molecule has 0 amide bonds. The summed E-state index contributed by atoms with van der Waals surface area (Å²) in [4.78, 5) is 16.4. The Labute approximate surface area is 155 Å². The molecule has 1 N–H and O–H groups in total. The molecule has 0 spiro atoms. The van der Waals surface area contributed by atoms with Gasteiger partial charge in [-0.25, -0.2) is 0 Å². The van der Waals surface area contributed by atoms with Crippen LogP contribution in [0.1, 0.15) is 18.4 Å². The predicted octanol–water partition coefficient (Wildman–Crippen LogP) is 4.73. The lowest BCUT2D eigenvalue weighted by molar-refractivity contribution is -0.144. The summed E-state index contributed by atoms with van der Waals surface area (Å²) in [5, 5.41) is 20.7. The van der Waals surface area contributed by atoms with E-state index in [2.05, 4.69) is 11.1 Å². The number of carboxylic acids is 1. The van der Waals surface area contributed by atoms with Crippen LogP contribution >= 0.6 is 11.8 Å². The summed E-state index contributed by atoms with van der Waals surface area (Å²) in [6, 6.07) is 16.0. The molecule has 1 fully saturated rings. The molecule has 4 nitrogen and oxygen atoms in total. The predicted molar refractivity (Wildman–Crippen MR) is 102 cm³/mol. The summed E-state index contributed by atoms with van der Waals surface area (Å²) < 4.78 is 0. The van der Waals surface area contributed by atoms with Crippen molar-refractivity contribution in [2.45, 2.75) is 23.0 Å². The summed E-state index contributed by atoms with van der Waals surface area (Å²) in [6.07, 6.45) is 5.03. The molecule has 1 heterocycles. The molecule has 0 radical (unpaired) electrons. The van der Waals surface area contributed by atoms with Gasteiger partial charge in [-0.2, -0.15) is 5.26 Å². The van der Waals surface area contributed by atoms with Crippen LogP contribution in [0.5, 0.6) is 0 Å². The van der Waals surface area contributed by atoms with Gasteiger partial charge in [0.2, 0.25) is 0 Å². The Bertz CT molecular complexity index is 1040. The fourth-order valence-corrected chi connectivity index (χ4v) is 4.81. The molecule has 0 bridgehead atoms. The van der Waals surface area contributed by atoms with E-state index in [1.165, 1.54) is 0 Å². The smallest absolute Gasteiger partial charge is 0.306 e. The van der Waals surface area contributed by atoms with E-state index >= 15 is 0 Å². The molecule has 4 rings (SSSR count). The Morgan fingerprint density at radius 2 is 1.88 bits per heavy atom.